The third-order valence-electron chi connectivity index (χ3n) is 3.83. The van der Waals surface area contributed by atoms with Crippen molar-refractivity contribution < 1.29 is 13.2 Å². The highest BCUT2D eigenvalue weighted by molar-refractivity contribution is 5.26. The van der Waals surface area contributed by atoms with Gasteiger partial charge in [-0.25, -0.2) is 13.2 Å². The molecule has 0 bridgehead atoms. The predicted octanol–water partition coefficient (Wildman–Crippen LogP) is 2.73. The van der Waals surface area contributed by atoms with Crippen molar-refractivity contribution >= 4 is 0 Å². The zero-order valence-electron chi connectivity index (χ0n) is 12.3. The predicted molar refractivity (Wildman–Crippen MR) is 73.4 cm³/mol. The number of halogens is 3. The van der Waals surface area contributed by atoms with Crippen LogP contribution in [-0.2, 0) is 0 Å². The molecule has 1 rings (SSSR count). The van der Waals surface area contributed by atoms with E-state index >= 15 is 0 Å². The van der Waals surface area contributed by atoms with Gasteiger partial charge in [0.1, 0.15) is 0 Å². The molecular formula is C14H22F3N3. The molecule has 0 aromatic heterocycles. The SMILES string of the molecule is CCN(CC)C(C)(C)C(NN)c1ccc(F)c(F)c1F. The highest BCUT2D eigenvalue weighted by Crippen LogP contribution is 2.33. The lowest BCUT2D eigenvalue weighted by Gasteiger charge is -2.43. The Morgan fingerprint density at radius 1 is 1.15 bits per heavy atom. The minimum Gasteiger partial charge on any atom is -0.297 e. The molecule has 1 unspecified atom stereocenters. The summed E-state index contributed by atoms with van der Waals surface area (Å²) in [5.74, 6) is 1.65. The van der Waals surface area contributed by atoms with Gasteiger partial charge in [0.25, 0.3) is 0 Å². The van der Waals surface area contributed by atoms with Crippen molar-refractivity contribution in [3.8, 4) is 0 Å². The largest absolute Gasteiger partial charge is 0.297 e. The van der Waals surface area contributed by atoms with Crippen molar-refractivity contribution in [1.82, 2.24) is 10.3 Å². The van der Waals surface area contributed by atoms with E-state index in [1.54, 1.807) is 0 Å². The van der Waals surface area contributed by atoms with E-state index in [2.05, 4.69) is 10.3 Å². The number of nitrogens with zero attached hydrogens (tertiary/aromatic N) is 1. The van der Waals surface area contributed by atoms with E-state index in [-0.39, 0.29) is 5.56 Å². The van der Waals surface area contributed by atoms with E-state index in [9.17, 15) is 13.2 Å². The Kier molecular flexibility index (Phi) is 5.56. The minimum atomic E-state index is -1.47. The van der Waals surface area contributed by atoms with E-state index in [0.29, 0.717) is 0 Å². The number of rotatable bonds is 6. The van der Waals surface area contributed by atoms with Gasteiger partial charge in [0.15, 0.2) is 17.5 Å². The molecule has 1 atom stereocenters. The Labute approximate surface area is 117 Å². The first-order chi connectivity index (χ1) is 9.31. The smallest absolute Gasteiger partial charge is 0.194 e. The standard InChI is InChI=1S/C14H22F3N3/c1-5-20(6-2)14(3,4)13(19-18)9-7-8-10(15)12(17)11(9)16/h7-8,13,19H,5-6,18H2,1-4H3. The van der Waals surface area contributed by atoms with Crippen LogP contribution in [0.5, 0.6) is 0 Å². The maximum absolute atomic E-state index is 14.0. The summed E-state index contributed by atoms with van der Waals surface area (Å²) >= 11 is 0. The first-order valence-electron chi connectivity index (χ1n) is 6.65. The summed E-state index contributed by atoms with van der Waals surface area (Å²) in [4.78, 5) is 2.07. The van der Waals surface area contributed by atoms with Crippen molar-refractivity contribution in [2.75, 3.05) is 13.1 Å². The Morgan fingerprint density at radius 3 is 2.15 bits per heavy atom. The highest BCUT2D eigenvalue weighted by Gasteiger charge is 2.36. The molecule has 0 fully saturated rings. The number of hydrogen-bond acceptors (Lipinski definition) is 3. The van der Waals surface area contributed by atoms with Gasteiger partial charge in [0, 0.05) is 11.1 Å². The van der Waals surface area contributed by atoms with Gasteiger partial charge in [-0.05, 0) is 33.0 Å². The number of hydrogen-bond donors (Lipinski definition) is 2. The van der Waals surface area contributed by atoms with Gasteiger partial charge in [0.05, 0.1) is 6.04 Å². The topological polar surface area (TPSA) is 41.3 Å². The van der Waals surface area contributed by atoms with Crippen molar-refractivity contribution in [3.63, 3.8) is 0 Å². The average molecular weight is 289 g/mol. The van der Waals surface area contributed by atoms with Crippen LogP contribution in [0.1, 0.15) is 39.3 Å². The molecule has 20 heavy (non-hydrogen) atoms. The van der Waals surface area contributed by atoms with Crippen molar-refractivity contribution in [2.45, 2.75) is 39.3 Å². The van der Waals surface area contributed by atoms with E-state index in [0.717, 1.165) is 19.2 Å². The fourth-order valence-corrected chi connectivity index (χ4v) is 2.66. The molecule has 0 aliphatic carbocycles. The van der Waals surface area contributed by atoms with Crippen LogP contribution in [0.15, 0.2) is 12.1 Å². The molecule has 6 heteroatoms. The van der Waals surface area contributed by atoms with E-state index in [1.807, 2.05) is 27.7 Å². The second kappa shape index (κ2) is 6.56. The van der Waals surface area contributed by atoms with Crippen LogP contribution in [0, 0.1) is 17.5 Å². The van der Waals surface area contributed by atoms with E-state index in [4.69, 9.17) is 5.84 Å². The van der Waals surface area contributed by atoms with Gasteiger partial charge in [-0.2, -0.15) is 0 Å². The van der Waals surface area contributed by atoms with Crippen LogP contribution < -0.4 is 11.3 Å². The Balaban J connectivity index is 3.29. The molecular weight excluding hydrogens is 267 g/mol. The second-order valence-electron chi connectivity index (χ2n) is 5.19. The van der Waals surface area contributed by atoms with Gasteiger partial charge in [-0.1, -0.05) is 19.9 Å². The number of nitrogens with two attached hydrogens (primary N) is 1. The minimum absolute atomic E-state index is 0.0169. The summed E-state index contributed by atoms with van der Waals surface area (Å²) < 4.78 is 40.4. The molecule has 0 aliphatic rings. The number of benzene rings is 1. The fraction of sp³-hybridized carbons (Fsp3) is 0.571. The van der Waals surface area contributed by atoms with Gasteiger partial charge in [-0.3, -0.25) is 16.2 Å². The van der Waals surface area contributed by atoms with Crippen molar-refractivity contribution in [1.29, 1.82) is 0 Å². The summed E-state index contributed by atoms with van der Waals surface area (Å²) in [5, 5.41) is 0. The highest BCUT2D eigenvalue weighted by atomic mass is 19.2. The summed E-state index contributed by atoms with van der Waals surface area (Å²) in [5.41, 5.74) is 1.98. The van der Waals surface area contributed by atoms with Crippen LogP contribution in [0.25, 0.3) is 0 Å². The molecule has 0 saturated heterocycles. The molecule has 0 radical (unpaired) electrons. The molecule has 3 N–H and O–H groups in total. The lowest BCUT2D eigenvalue weighted by molar-refractivity contribution is 0.0893. The zero-order chi connectivity index (χ0) is 15.5. The van der Waals surface area contributed by atoms with Crippen molar-refractivity contribution in [2.24, 2.45) is 5.84 Å². The number of nitrogens with one attached hydrogen (secondary N) is 1. The quantitative estimate of drug-likeness (QED) is 0.481. The van der Waals surface area contributed by atoms with Gasteiger partial charge in [0.2, 0.25) is 0 Å². The van der Waals surface area contributed by atoms with Gasteiger partial charge in [-0.15, -0.1) is 0 Å². The van der Waals surface area contributed by atoms with Crippen LogP contribution in [0.3, 0.4) is 0 Å². The molecule has 1 aromatic carbocycles. The maximum Gasteiger partial charge on any atom is 0.194 e. The Hall–Kier alpha value is -1.11. The summed E-state index contributed by atoms with van der Waals surface area (Å²) in [7, 11) is 0. The zero-order valence-corrected chi connectivity index (χ0v) is 12.3. The van der Waals surface area contributed by atoms with Crippen LogP contribution in [0.4, 0.5) is 13.2 Å². The molecule has 0 heterocycles. The Bertz CT molecular complexity index is 459. The van der Waals surface area contributed by atoms with Gasteiger partial charge >= 0.3 is 0 Å². The second-order valence-corrected chi connectivity index (χ2v) is 5.19. The molecule has 114 valence electrons. The number of hydrazine groups is 1. The van der Waals surface area contributed by atoms with Crippen LogP contribution in [0.2, 0.25) is 0 Å². The molecule has 0 aliphatic heterocycles. The summed E-state index contributed by atoms with van der Waals surface area (Å²) in [6.45, 7) is 9.16. The fourth-order valence-electron chi connectivity index (χ4n) is 2.66. The van der Waals surface area contributed by atoms with E-state index in [1.165, 1.54) is 6.07 Å². The summed E-state index contributed by atoms with van der Waals surface area (Å²) in [6.07, 6.45) is 0. The molecule has 0 amide bonds. The third-order valence-corrected chi connectivity index (χ3v) is 3.83. The van der Waals surface area contributed by atoms with Crippen LogP contribution in [-0.4, -0.2) is 23.5 Å². The third kappa shape index (κ3) is 2.97. The normalized spacial score (nSPS) is 13.8. The van der Waals surface area contributed by atoms with Crippen molar-refractivity contribution in [3.05, 3.63) is 35.1 Å². The lowest BCUT2D eigenvalue weighted by Crippen LogP contribution is -2.54. The monoisotopic (exact) mass is 289 g/mol. The average Bonchev–Trinajstić information content (AvgIpc) is 2.40. The summed E-state index contributed by atoms with van der Waals surface area (Å²) in [6, 6.07) is 1.47. The lowest BCUT2D eigenvalue weighted by atomic mass is 9.86. The molecule has 1 aromatic rings. The Morgan fingerprint density at radius 2 is 1.70 bits per heavy atom. The molecule has 3 nitrogen and oxygen atoms in total. The first-order valence-corrected chi connectivity index (χ1v) is 6.65. The molecule has 0 saturated carbocycles. The van der Waals surface area contributed by atoms with Crippen LogP contribution >= 0.6 is 0 Å². The van der Waals surface area contributed by atoms with E-state index < -0.39 is 29.0 Å². The maximum atomic E-state index is 14.0. The molecule has 0 spiro atoms. The first kappa shape index (κ1) is 16.9. The number of likely N-dealkylation sites (N-methyl/N-ethyl adjacent to an activating group) is 1. The van der Waals surface area contributed by atoms with Gasteiger partial charge < -0.3 is 0 Å².